The molecule has 0 aliphatic rings. The third kappa shape index (κ3) is 3.74. The van der Waals surface area contributed by atoms with E-state index in [0.717, 1.165) is 44.3 Å². The number of hydrogen-bond donors (Lipinski definition) is 2. The number of aryl methyl sites for hydroxylation is 1. The van der Waals surface area contributed by atoms with Crippen molar-refractivity contribution in [1.29, 1.82) is 0 Å². The lowest BCUT2D eigenvalue weighted by Crippen LogP contribution is -2.25. The van der Waals surface area contributed by atoms with Gasteiger partial charge in [-0.1, -0.05) is 13.0 Å². The van der Waals surface area contributed by atoms with Gasteiger partial charge < -0.3 is 20.5 Å². The highest BCUT2D eigenvalue weighted by Crippen LogP contribution is 2.42. The zero-order chi connectivity index (χ0) is 21.3. The molecule has 0 amide bonds. The molecule has 3 aromatic heterocycles. The second-order valence-electron chi connectivity index (χ2n) is 7.35. The Labute approximate surface area is 179 Å². The summed E-state index contributed by atoms with van der Waals surface area (Å²) in [5, 5.41) is 8.85. The fraction of sp³-hybridized carbons (Fsp3) is 0.364. The first-order chi connectivity index (χ1) is 14.5. The summed E-state index contributed by atoms with van der Waals surface area (Å²) in [6.07, 6.45) is 2.44. The van der Waals surface area contributed by atoms with Crippen molar-refractivity contribution in [2.75, 3.05) is 26.1 Å². The zero-order valence-electron chi connectivity index (χ0n) is 17.7. The predicted molar refractivity (Wildman–Crippen MR) is 123 cm³/mol. The molecule has 1 aromatic carbocycles. The van der Waals surface area contributed by atoms with Crippen LogP contribution in [0.15, 0.2) is 30.6 Å². The van der Waals surface area contributed by atoms with Crippen LogP contribution in [0.1, 0.15) is 24.6 Å². The molecule has 3 N–H and O–H groups in total. The lowest BCUT2D eigenvalue weighted by molar-refractivity contribution is 0.103. The van der Waals surface area contributed by atoms with Crippen molar-refractivity contribution in [1.82, 2.24) is 14.6 Å². The van der Waals surface area contributed by atoms with Gasteiger partial charge in [0.2, 0.25) is 0 Å². The molecule has 3 heterocycles. The summed E-state index contributed by atoms with van der Waals surface area (Å²) in [5.41, 5.74) is 10.1. The quantitative estimate of drug-likeness (QED) is 0.439. The number of aromatic nitrogens is 3. The number of fused-ring (bicyclic) bond motifs is 2. The van der Waals surface area contributed by atoms with E-state index in [-0.39, 0.29) is 6.04 Å². The Balaban J connectivity index is 1.83. The lowest BCUT2D eigenvalue weighted by atomic mass is 10.1. The van der Waals surface area contributed by atoms with Gasteiger partial charge in [0.25, 0.3) is 0 Å². The summed E-state index contributed by atoms with van der Waals surface area (Å²) < 4.78 is 14.5. The van der Waals surface area contributed by atoms with E-state index >= 15 is 0 Å². The van der Waals surface area contributed by atoms with E-state index in [1.807, 2.05) is 11.6 Å². The summed E-state index contributed by atoms with van der Waals surface area (Å²) >= 11 is 1.71. The standard InChI is InChI=1S/C22H27N5O2S/c1-5-15(23)10-29-11-16-9-17(20-22(24-3)25-12-26-27(16)20)19-8-14-6-13(2)7-18(28-4)21(14)30-19/h6-9,12,15H,5,10-11,23H2,1-4H3,(H,24,25,26). The van der Waals surface area contributed by atoms with Crippen molar-refractivity contribution in [2.24, 2.45) is 5.73 Å². The van der Waals surface area contributed by atoms with Gasteiger partial charge in [-0.25, -0.2) is 9.50 Å². The highest BCUT2D eigenvalue weighted by Gasteiger charge is 2.19. The number of hydrogen-bond acceptors (Lipinski definition) is 7. The minimum Gasteiger partial charge on any atom is -0.495 e. The van der Waals surface area contributed by atoms with Crippen molar-refractivity contribution < 1.29 is 9.47 Å². The van der Waals surface area contributed by atoms with E-state index < -0.39 is 0 Å². The van der Waals surface area contributed by atoms with Crippen LogP contribution in [0.4, 0.5) is 5.82 Å². The van der Waals surface area contributed by atoms with E-state index in [1.54, 1.807) is 24.8 Å². The second-order valence-corrected chi connectivity index (χ2v) is 8.40. The van der Waals surface area contributed by atoms with Crippen LogP contribution in [0.2, 0.25) is 0 Å². The van der Waals surface area contributed by atoms with Crippen LogP contribution in [0.25, 0.3) is 26.0 Å². The summed E-state index contributed by atoms with van der Waals surface area (Å²) in [4.78, 5) is 5.56. The zero-order valence-corrected chi connectivity index (χ0v) is 18.5. The van der Waals surface area contributed by atoms with Crippen LogP contribution in [-0.2, 0) is 11.3 Å². The number of nitrogens with two attached hydrogens (primary N) is 1. The predicted octanol–water partition coefficient (Wildman–Crippen LogP) is 4.22. The molecule has 8 heteroatoms. The molecule has 0 bridgehead atoms. The van der Waals surface area contributed by atoms with Crippen LogP contribution in [0, 0.1) is 6.92 Å². The third-order valence-electron chi connectivity index (χ3n) is 5.18. The van der Waals surface area contributed by atoms with E-state index in [9.17, 15) is 0 Å². The van der Waals surface area contributed by atoms with E-state index in [1.165, 1.54) is 10.9 Å². The van der Waals surface area contributed by atoms with Gasteiger partial charge in [-0.2, -0.15) is 5.10 Å². The lowest BCUT2D eigenvalue weighted by Gasteiger charge is -2.09. The Hall–Kier alpha value is -2.68. The topological polar surface area (TPSA) is 86.7 Å². The number of thiophene rings is 1. The first-order valence-corrected chi connectivity index (χ1v) is 10.8. The van der Waals surface area contributed by atoms with Crippen LogP contribution in [0.5, 0.6) is 5.75 Å². The number of benzene rings is 1. The van der Waals surface area contributed by atoms with Crippen molar-refractivity contribution in [3.8, 4) is 16.2 Å². The largest absolute Gasteiger partial charge is 0.495 e. The average molecular weight is 426 g/mol. The minimum atomic E-state index is 0.0384. The van der Waals surface area contributed by atoms with Gasteiger partial charge in [-0.15, -0.1) is 11.3 Å². The van der Waals surface area contributed by atoms with Crippen molar-refractivity contribution in [2.45, 2.75) is 32.9 Å². The highest BCUT2D eigenvalue weighted by atomic mass is 32.1. The van der Waals surface area contributed by atoms with Gasteiger partial charge >= 0.3 is 0 Å². The van der Waals surface area contributed by atoms with Crippen LogP contribution >= 0.6 is 11.3 Å². The van der Waals surface area contributed by atoms with E-state index in [0.29, 0.717) is 13.2 Å². The summed E-state index contributed by atoms with van der Waals surface area (Å²) in [5.74, 6) is 1.67. The van der Waals surface area contributed by atoms with Gasteiger partial charge in [0, 0.05) is 23.5 Å². The maximum absolute atomic E-state index is 6.00. The van der Waals surface area contributed by atoms with Crippen molar-refractivity contribution in [3.05, 3.63) is 41.9 Å². The Kier molecular flexibility index (Phi) is 5.90. The van der Waals surface area contributed by atoms with Gasteiger partial charge in [-0.3, -0.25) is 0 Å². The summed E-state index contributed by atoms with van der Waals surface area (Å²) in [6.45, 7) is 5.09. The van der Waals surface area contributed by atoms with Gasteiger partial charge in [0.1, 0.15) is 17.6 Å². The first-order valence-electron chi connectivity index (χ1n) is 10.0. The number of nitrogens with zero attached hydrogens (tertiary/aromatic N) is 3. The van der Waals surface area contributed by atoms with E-state index in [4.69, 9.17) is 15.2 Å². The normalized spacial score (nSPS) is 12.6. The first kappa shape index (κ1) is 20.6. The number of nitrogens with one attached hydrogen (secondary N) is 1. The molecule has 4 rings (SSSR count). The molecular formula is C22H27N5O2S. The van der Waals surface area contributed by atoms with Gasteiger partial charge in [-0.05, 0) is 42.5 Å². The molecule has 158 valence electrons. The molecule has 1 atom stereocenters. The second kappa shape index (κ2) is 8.59. The molecule has 7 nitrogen and oxygen atoms in total. The smallest absolute Gasteiger partial charge is 0.154 e. The molecule has 0 fully saturated rings. The third-order valence-corrected chi connectivity index (χ3v) is 6.38. The van der Waals surface area contributed by atoms with Crippen molar-refractivity contribution in [3.63, 3.8) is 0 Å². The number of anilines is 1. The average Bonchev–Trinajstić information content (AvgIpc) is 3.34. The molecule has 30 heavy (non-hydrogen) atoms. The maximum Gasteiger partial charge on any atom is 0.154 e. The van der Waals surface area contributed by atoms with Crippen molar-refractivity contribution >= 4 is 32.8 Å². The summed E-state index contributed by atoms with van der Waals surface area (Å²) in [6, 6.07) is 8.62. The molecule has 0 aliphatic heterocycles. The molecule has 0 spiro atoms. The highest BCUT2D eigenvalue weighted by molar-refractivity contribution is 7.22. The Bertz CT molecular complexity index is 1180. The van der Waals surface area contributed by atoms with Crippen LogP contribution < -0.4 is 15.8 Å². The molecule has 4 aromatic rings. The SMILES string of the molecule is CCC(N)COCc1cc(-c2cc3cc(C)cc(OC)c3s2)c2c(NC)ncnn12. The molecular weight excluding hydrogens is 398 g/mol. The van der Waals surface area contributed by atoms with Crippen LogP contribution in [-0.4, -0.2) is 41.4 Å². The Morgan fingerprint density at radius 1 is 1.27 bits per heavy atom. The molecule has 1 unspecified atom stereocenters. The minimum absolute atomic E-state index is 0.0384. The number of rotatable bonds is 8. The molecule has 0 saturated carbocycles. The van der Waals surface area contributed by atoms with Gasteiger partial charge in [0.05, 0.1) is 30.7 Å². The number of methoxy groups -OCH3 is 1. The summed E-state index contributed by atoms with van der Waals surface area (Å²) in [7, 11) is 3.58. The van der Waals surface area contributed by atoms with E-state index in [2.05, 4.69) is 53.5 Å². The number of ether oxygens (including phenoxy) is 2. The maximum atomic E-state index is 6.00. The van der Waals surface area contributed by atoms with Crippen LogP contribution in [0.3, 0.4) is 0 Å². The Morgan fingerprint density at radius 3 is 2.83 bits per heavy atom. The molecule has 0 radical (unpaired) electrons. The fourth-order valence-electron chi connectivity index (χ4n) is 3.56. The Morgan fingerprint density at radius 2 is 2.10 bits per heavy atom. The molecule has 0 aliphatic carbocycles. The fourth-order valence-corrected chi connectivity index (χ4v) is 4.71. The van der Waals surface area contributed by atoms with Gasteiger partial charge in [0.15, 0.2) is 5.82 Å². The molecule has 0 saturated heterocycles. The monoisotopic (exact) mass is 425 g/mol.